The molecule has 3 heteroatoms. The molecule has 2 aliphatic heterocycles. The Bertz CT molecular complexity index is 387. The molecule has 1 fully saturated rings. The number of anilines is 1. The monoisotopic (exact) mass is 265 g/mol. The van der Waals surface area contributed by atoms with E-state index >= 15 is 0 Å². The second-order valence-electron chi connectivity index (χ2n) is 3.98. The van der Waals surface area contributed by atoms with E-state index in [-0.39, 0.29) is 6.10 Å². The fraction of sp³-hybridized carbons (Fsp3) is 0.333. The van der Waals surface area contributed by atoms with Crippen molar-refractivity contribution in [2.45, 2.75) is 25.0 Å². The van der Waals surface area contributed by atoms with Crippen LogP contribution in [0.15, 0.2) is 40.9 Å². The summed E-state index contributed by atoms with van der Waals surface area (Å²) in [5.74, 6) is 0. The molecule has 1 aliphatic carbocycles. The lowest BCUT2D eigenvalue weighted by Crippen LogP contribution is -2.45. The number of hydrogen-bond donors (Lipinski definition) is 0. The van der Waals surface area contributed by atoms with Crippen molar-refractivity contribution in [3.05, 3.63) is 40.9 Å². The van der Waals surface area contributed by atoms with Gasteiger partial charge in [0, 0.05) is 4.47 Å². The Morgan fingerprint density at radius 2 is 1.93 bits per heavy atom. The summed E-state index contributed by atoms with van der Waals surface area (Å²) in [6.07, 6.45) is 7.04. The molecule has 2 nitrogen and oxygen atoms in total. The number of rotatable bonds is 1. The van der Waals surface area contributed by atoms with Gasteiger partial charge in [0.2, 0.25) is 0 Å². The van der Waals surface area contributed by atoms with E-state index in [0.29, 0.717) is 6.04 Å². The molecule has 0 radical (unpaired) electrons. The molecular formula is C12H12BrNO. The van der Waals surface area contributed by atoms with Crippen molar-refractivity contribution in [1.29, 1.82) is 0 Å². The summed E-state index contributed by atoms with van der Waals surface area (Å²) in [4.78, 5) is 5.84. The third-order valence-electron chi connectivity index (χ3n) is 2.93. The first-order chi connectivity index (χ1) is 7.33. The molecule has 4 rings (SSSR count). The smallest absolute Gasteiger partial charge is 0.104 e. The summed E-state index contributed by atoms with van der Waals surface area (Å²) < 4.78 is 1.10. The molecule has 2 heterocycles. The van der Waals surface area contributed by atoms with Crippen LogP contribution in [0.4, 0.5) is 5.69 Å². The molecule has 2 bridgehead atoms. The first-order valence-electron chi connectivity index (χ1n) is 5.23. The number of nitrogens with zero attached hydrogens (tertiary/aromatic N) is 1. The van der Waals surface area contributed by atoms with E-state index in [9.17, 15) is 0 Å². The molecule has 1 aromatic carbocycles. The van der Waals surface area contributed by atoms with Crippen LogP contribution in [-0.2, 0) is 4.84 Å². The van der Waals surface area contributed by atoms with Crippen LogP contribution in [0.25, 0.3) is 0 Å². The highest BCUT2D eigenvalue weighted by atomic mass is 79.9. The number of hydroxylamine groups is 1. The zero-order valence-electron chi connectivity index (χ0n) is 8.27. The van der Waals surface area contributed by atoms with Crippen molar-refractivity contribution < 1.29 is 4.84 Å². The maximum absolute atomic E-state index is 5.84. The Morgan fingerprint density at radius 1 is 1.13 bits per heavy atom. The van der Waals surface area contributed by atoms with Crippen LogP contribution in [0.2, 0.25) is 0 Å². The van der Waals surface area contributed by atoms with Crippen LogP contribution in [0.1, 0.15) is 12.8 Å². The minimum atomic E-state index is 0.277. The van der Waals surface area contributed by atoms with E-state index in [2.05, 4.69) is 40.2 Å². The second kappa shape index (κ2) is 3.65. The third kappa shape index (κ3) is 1.70. The highest BCUT2D eigenvalue weighted by molar-refractivity contribution is 9.10. The van der Waals surface area contributed by atoms with E-state index in [0.717, 1.165) is 16.6 Å². The minimum Gasteiger partial charge on any atom is -0.265 e. The van der Waals surface area contributed by atoms with E-state index in [1.807, 2.05) is 17.2 Å². The van der Waals surface area contributed by atoms with Crippen LogP contribution in [0.3, 0.4) is 0 Å². The number of fused-ring (bicyclic) bond motifs is 2. The Kier molecular flexibility index (Phi) is 2.29. The van der Waals surface area contributed by atoms with Gasteiger partial charge >= 0.3 is 0 Å². The fourth-order valence-corrected chi connectivity index (χ4v) is 2.39. The predicted molar refractivity (Wildman–Crippen MR) is 63.7 cm³/mol. The lowest BCUT2D eigenvalue weighted by molar-refractivity contribution is 0.00353. The van der Waals surface area contributed by atoms with Crippen molar-refractivity contribution in [3.63, 3.8) is 0 Å². The molecule has 15 heavy (non-hydrogen) atoms. The Labute approximate surface area is 97.6 Å². The predicted octanol–water partition coefficient (Wildman–Crippen LogP) is 3.29. The molecular weight excluding hydrogens is 254 g/mol. The zero-order valence-corrected chi connectivity index (χ0v) is 9.85. The summed E-state index contributed by atoms with van der Waals surface area (Å²) >= 11 is 3.44. The molecule has 78 valence electrons. The van der Waals surface area contributed by atoms with Gasteiger partial charge in [-0.15, -0.1) is 0 Å². The normalized spacial score (nSPS) is 28.5. The summed E-state index contributed by atoms with van der Waals surface area (Å²) in [6.45, 7) is 0. The van der Waals surface area contributed by atoms with Gasteiger partial charge in [0.15, 0.2) is 0 Å². The van der Waals surface area contributed by atoms with Crippen LogP contribution in [0.5, 0.6) is 0 Å². The van der Waals surface area contributed by atoms with E-state index < -0.39 is 0 Å². The molecule has 0 aromatic heterocycles. The maximum atomic E-state index is 5.84. The minimum absolute atomic E-state index is 0.277. The van der Waals surface area contributed by atoms with E-state index in [1.54, 1.807) is 0 Å². The van der Waals surface area contributed by atoms with Crippen molar-refractivity contribution in [2.24, 2.45) is 0 Å². The molecule has 0 amide bonds. The molecule has 0 unspecified atom stereocenters. The molecule has 0 N–H and O–H groups in total. The van der Waals surface area contributed by atoms with Crippen molar-refractivity contribution in [3.8, 4) is 0 Å². The average Bonchev–Trinajstić information content (AvgIpc) is 2.31. The third-order valence-corrected chi connectivity index (χ3v) is 3.45. The summed E-state index contributed by atoms with van der Waals surface area (Å²) in [5.41, 5.74) is 1.14. The zero-order chi connectivity index (χ0) is 10.3. The van der Waals surface area contributed by atoms with Crippen LogP contribution in [-0.4, -0.2) is 12.1 Å². The first kappa shape index (κ1) is 9.43. The fourth-order valence-electron chi connectivity index (χ4n) is 2.13. The lowest BCUT2D eigenvalue weighted by atomic mass is 9.98. The Hall–Kier alpha value is -0.800. The van der Waals surface area contributed by atoms with Crippen LogP contribution < -0.4 is 5.06 Å². The number of hydrogen-bond acceptors (Lipinski definition) is 2. The quantitative estimate of drug-likeness (QED) is 0.723. The highest BCUT2D eigenvalue weighted by Gasteiger charge is 2.30. The van der Waals surface area contributed by atoms with Gasteiger partial charge in [-0.25, -0.2) is 5.06 Å². The Balaban J connectivity index is 1.89. The van der Waals surface area contributed by atoms with Gasteiger partial charge in [0.05, 0.1) is 11.7 Å². The van der Waals surface area contributed by atoms with Crippen molar-refractivity contribution in [2.75, 3.05) is 5.06 Å². The van der Waals surface area contributed by atoms with Crippen LogP contribution >= 0.6 is 15.9 Å². The van der Waals surface area contributed by atoms with Gasteiger partial charge in [0.25, 0.3) is 0 Å². The van der Waals surface area contributed by atoms with Gasteiger partial charge in [-0.3, -0.25) is 4.84 Å². The first-order valence-corrected chi connectivity index (χ1v) is 6.02. The second-order valence-corrected chi connectivity index (χ2v) is 4.89. The lowest BCUT2D eigenvalue weighted by Gasteiger charge is -2.41. The molecule has 0 saturated carbocycles. The SMILES string of the molecule is Brc1ccc(N2O[C@@H]3C=C[C@H]2CC3)cc1. The maximum Gasteiger partial charge on any atom is 0.104 e. The van der Waals surface area contributed by atoms with Crippen molar-refractivity contribution >= 4 is 21.6 Å². The molecule has 0 spiro atoms. The van der Waals surface area contributed by atoms with Gasteiger partial charge in [0.1, 0.15) is 6.10 Å². The largest absolute Gasteiger partial charge is 0.265 e. The van der Waals surface area contributed by atoms with Crippen LogP contribution in [0, 0.1) is 0 Å². The van der Waals surface area contributed by atoms with Crippen molar-refractivity contribution in [1.82, 2.24) is 0 Å². The summed E-state index contributed by atoms with van der Waals surface area (Å²) in [6, 6.07) is 8.67. The standard InChI is InChI=1S/C12H12BrNO/c13-9-1-3-10(4-2-9)14-11-5-7-12(15-14)8-6-11/h1-5,7,11-12H,6,8H2/t11-,12+/m0/s1. The summed E-state index contributed by atoms with van der Waals surface area (Å²) in [5, 5.41) is 2.03. The van der Waals surface area contributed by atoms with E-state index in [4.69, 9.17) is 4.84 Å². The molecule has 2 atom stereocenters. The Morgan fingerprint density at radius 3 is 2.47 bits per heavy atom. The number of benzene rings is 1. The van der Waals surface area contributed by atoms with Gasteiger partial charge in [-0.1, -0.05) is 28.1 Å². The highest BCUT2D eigenvalue weighted by Crippen LogP contribution is 2.32. The molecule has 3 aliphatic rings. The van der Waals surface area contributed by atoms with Gasteiger partial charge < -0.3 is 0 Å². The summed E-state index contributed by atoms with van der Waals surface area (Å²) in [7, 11) is 0. The van der Waals surface area contributed by atoms with E-state index in [1.165, 1.54) is 6.42 Å². The topological polar surface area (TPSA) is 12.5 Å². The number of halogens is 1. The van der Waals surface area contributed by atoms with Gasteiger partial charge in [-0.2, -0.15) is 0 Å². The average molecular weight is 266 g/mol. The van der Waals surface area contributed by atoms with Gasteiger partial charge in [-0.05, 0) is 37.1 Å². The molecule has 1 aromatic rings. The molecule has 1 saturated heterocycles.